The fraction of sp³-hybridized carbons (Fsp3) is 0.333. The van der Waals surface area contributed by atoms with Crippen molar-refractivity contribution in [2.24, 2.45) is 4.99 Å². The van der Waals surface area contributed by atoms with E-state index >= 15 is 0 Å². The van der Waals surface area contributed by atoms with Crippen LogP contribution in [0.2, 0.25) is 0 Å². The van der Waals surface area contributed by atoms with Crippen LogP contribution in [0.15, 0.2) is 59.9 Å². The highest BCUT2D eigenvalue weighted by molar-refractivity contribution is 5.98. The van der Waals surface area contributed by atoms with E-state index in [2.05, 4.69) is 30.9 Å². The number of H-pyrrole nitrogens is 1. The van der Waals surface area contributed by atoms with E-state index in [0.29, 0.717) is 24.7 Å². The van der Waals surface area contributed by atoms with Gasteiger partial charge in [0, 0.05) is 30.2 Å². The van der Waals surface area contributed by atoms with Crippen molar-refractivity contribution in [2.45, 2.75) is 38.5 Å². The lowest BCUT2D eigenvalue weighted by molar-refractivity contribution is 0.0949. The van der Waals surface area contributed by atoms with Crippen molar-refractivity contribution in [1.82, 2.24) is 20.6 Å². The van der Waals surface area contributed by atoms with Crippen LogP contribution in [0.3, 0.4) is 0 Å². The summed E-state index contributed by atoms with van der Waals surface area (Å²) < 4.78 is 0. The summed E-state index contributed by atoms with van der Waals surface area (Å²) in [5.41, 5.74) is 2.37. The van der Waals surface area contributed by atoms with Crippen LogP contribution in [0.1, 0.15) is 49.0 Å². The lowest BCUT2D eigenvalue weighted by atomic mass is 10.1. The second kappa shape index (κ2) is 12.7. The molecule has 0 fully saturated rings. The molecular weight excluding hydrogens is 402 g/mol. The second-order valence-electron chi connectivity index (χ2n) is 7.48. The van der Waals surface area contributed by atoms with Gasteiger partial charge in [-0.25, -0.2) is 0 Å². The van der Waals surface area contributed by atoms with Gasteiger partial charge in [0.2, 0.25) is 5.96 Å². The van der Waals surface area contributed by atoms with Gasteiger partial charge in [0.15, 0.2) is 6.19 Å². The first kappa shape index (κ1) is 22.8. The molecule has 0 saturated carbocycles. The molecule has 0 unspecified atom stereocenters. The third-order valence-corrected chi connectivity index (χ3v) is 5.01. The van der Waals surface area contributed by atoms with Crippen LogP contribution < -0.4 is 16.0 Å². The molecule has 2 heterocycles. The number of pyridine rings is 1. The SMILES string of the molecule is N#CNC(=NCCCCCCCCNC(=O)c1cc2ccccc2[nH]1)Nc1cccnc1. The molecule has 3 aromatic rings. The third-order valence-electron chi connectivity index (χ3n) is 5.01. The topological polar surface area (TPSA) is 118 Å². The van der Waals surface area contributed by atoms with Crippen LogP contribution >= 0.6 is 0 Å². The number of aromatic nitrogens is 2. The summed E-state index contributed by atoms with van der Waals surface area (Å²) in [5, 5.41) is 18.5. The number of carbonyl (C=O) groups is 1. The molecule has 0 radical (unpaired) electrons. The molecule has 0 aliphatic carbocycles. The zero-order chi connectivity index (χ0) is 22.4. The van der Waals surface area contributed by atoms with E-state index in [-0.39, 0.29) is 5.91 Å². The Bertz CT molecular complexity index is 1020. The Balaban J connectivity index is 1.24. The monoisotopic (exact) mass is 431 g/mol. The molecule has 1 aromatic carbocycles. The Morgan fingerprint density at radius 2 is 1.88 bits per heavy atom. The van der Waals surface area contributed by atoms with Crippen LogP contribution in [0, 0.1) is 11.5 Å². The molecular formula is C24H29N7O. The molecule has 0 aliphatic rings. The lowest BCUT2D eigenvalue weighted by Gasteiger charge is -2.07. The van der Waals surface area contributed by atoms with E-state index in [9.17, 15) is 4.79 Å². The molecule has 4 N–H and O–H groups in total. The van der Waals surface area contributed by atoms with Gasteiger partial charge in [-0.2, -0.15) is 5.26 Å². The number of hydrogen-bond donors (Lipinski definition) is 4. The minimum Gasteiger partial charge on any atom is -0.351 e. The van der Waals surface area contributed by atoms with E-state index in [1.165, 1.54) is 0 Å². The average Bonchev–Trinajstić information content (AvgIpc) is 3.25. The molecule has 32 heavy (non-hydrogen) atoms. The number of anilines is 1. The normalized spacial score (nSPS) is 11.2. The number of carbonyl (C=O) groups excluding carboxylic acids is 1. The van der Waals surface area contributed by atoms with Gasteiger partial charge < -0.3 is 15.6 Å². The van der Waals surface area contributed by atoms with Gasteiger partial charge >= 0.3 is 0 Å². The molecule has 8 nitrogen and oxygen atoms in total. The minimum atomic E-state index is -0.0549. The molecule has 0 saturated heterocycles. The minimum absolute atomic E-state index is 0.0549. The number of hydrogen-bond acceptors (Lipinski definition) is 4. The summed E-state index contributed by atoms with van der Waals surface area (Å²) in [5.74, 6) is 0.381. The maximum Gasteiger partial charge on any atom is 0.267 e. The van der Waals surface area contributed by atoms with Crippen molar-refractivity contribution in [2.75, 3.05) is 18.4 Å². The maximum atomic E-state index is 12.2. The van der Waals surface area contributed by atoms with Gasteiger partial charge in [0.25, 0.3) is 5.91 Å². The summed E-state index contributed by atoms with van der Waals surface area (Å²) in [4.78, 5) is 23.8. The standard InChI is InChI=1S/C24H29N7O/c25-18-29-24(30-20-11-9-13-26-17-20)28-15-8-4-2-1-3-7-14-27-23(32)22-16-19-10-5-6-12-21(19)31-22/h5-6,9-13,16-17,31H,1-4,7-8,14-15H2,(H,27,32)(H2,28,29,30). The number of unbranched alkanes of at least 4 members (excludes halogenated alkanes) is 5. The molecule has 8 heteroatoms. The average molecular weight is 432 g/mol. The van der Waals surface area contributed by atoms with Crippen LogP contribution in [0.25, 0.3) is 10.9 Å². The number of rotatable bonds is 11. The number of benzene rings is 1. The first-order valence-corrected chi connectivity index (χ1v) is 11.0. The summed E-state index contributed by atoms with van der Waals surface area (Å²) in [6.07, 6.45) is 11.6. The fourth-order valence-corrected chi connectivity index (χ4v) is 3.36. The molecule has 0 atom stereocenters. The number of aliphatic imine (C=N–C) groups is 1. The number of nitriles is 1. The number of guanidine groups is 1. The molecule has 2 aromatic heterocycles. The fourth-order valence-electron chi connectivity index (χ4n) is 3.36. The van der Waals surface area contributed by atoms with Crippen molar-refractivity contribution in [3.8, 4) is 6.19 Å². The summed E-state index contributed by atoms with van der Waals surface area (Å²) >= 11 is 0. The Kier molecular flexibility index (Phi) is 9.09. The van der Waals surface area contributed by atoms with Gasteiger partial charge in [-0.3, -0.25) is 20.1 Å². The predicted molar refractivity (Wildman–Crippen MR) is 127 cm³/mol. The van der Waals surface area contributed by atoms with Gasteiger partial charge in [-0.05, 0) is 37.1 Å². The van der Waals surface area contributed by atoms with Gasteiger partial charge in [-0.1, -0.05) is 43.9 Å². The smallest absolute Gasteiger partial charge is 0.267 e. The quantitative estimate of drug-likeness (QED) is 0.119. The molecule has 1 amide bonds. The van der Waals surface area contributed by atoms with Crippen LogP contribution in [-0.4, -0.2) is 34.9 Å². The Hall–Kier alpha value is -3.86. The van der Waals surface area contributed by atoms with E-state index in [0.717, 1.165) is 55.1 Å². The van der Waals surface area contributed by atoms with Crippen molar-refractivity contribution >= 4 is 28.5 Å². The number of nitrogens with zero attached hydrogens (tertiary/aromatic N) is 3. The van der Waals surface area contributed by atoms with Crippen LogP contribution in [0.4, 0.5) is 5.69 Å². The van der Waals surface area contributed by atoms with Crippen molar-refractivity contribution in [3.05, 3.63) is 60.6 Å². The molecule has 0 bridgehead atoms. The Labute approximate surface area is 188 Å². The van der Waals surface area contributed by atoms with Crippen molar-refractivity contribution < 1.29 is 4.79 Å². The van der Waals surface area contributed by atoms with E-state index in [1.807, 2.05) is 48.7 Å². The van der Waals surface area contributed by atoms with E-state index < -0.39 is 0 Å². The largest absolute Gasteiger partial charge is 0.351 e. The maximum absolute atomic E-state index is 12.2. The highest BCUT2D eigenvalue weighted by atomic mass is 16.1. The summed E-state index contributed by atoms with van der Waals surface area (Å²) in [6, 6.07) is 13.4. The van der Waals surface area contributed by atoms with Gasteiger partial charge in [-0.15, -0.1) is 0 Å². The highest BCUT2D eigenvalue weighted by Crippen LogP contribution is 2.14. The predicted octanol–water partition coefficient (Wildman–Crippen LogP) is 4.17. The lowest BCUT2D eigenvalue weighted by Crippen LogP contribution is -2.27. The van der Waals surface area contributed by atoms with E-state index in [1.54, 1.807) is 12.4 Å². The number of para-hydroxylation sites is 1. The molecule has 166 valence electrons. The summed E-state index contributed by atoms with van der Waals surface area (Å²) in [7, 11) is 0. The van der Waals surface area contributed by atoms with Gasteiger partial charge in [0.05, 0.1) is 11.9 Å². The molecule has 3 rings (SSSR count). The van der Waals surface area contributed by atoms with Crippen LogP contribution in [0.5, 0.6) is 0 Å². The van der Waals surface area contributed by atoms with Crippen molar-refractivity contribution in [1.29, 1.82) is 5.26 Å². The van der Waals surface area contributed by atoms with Crippen LogP contribution in [-0.2, 0) is 0 Å². The summed E-state index contributed by atoms with van der Waals surface area (Å²) in [6.45, 7) is 1.33. The third kappa shape index (κ3) is 7.43. The van der Waals surface area contributed by atoms with Crippen molar-refractivity contribution in [3.63, 3.8) is 0 Å². The zero-order valence-corrected chi connectivity index (χ0v) is 18.1. The number of amides is 1. The first-order valence-electron chi connectivity index (χ1n) is 11.0. The Morgan fingerprint density at radius 1 is 1.06 bits per heavy atom. The highest BCUT2D eigenvalue weighted by Gasteiger charge is 2.08. The molecule has 0 spiro atoms. The number of nitrogens with one attached hydrogen (secondary N) is 4. The molecule has 0 aliphatic heterocycles. The Morgan fingerprint density at radius 3 is 2.66 bits per heavy atom. The second-order valence-corrected chi connectivity index (χ2v) is 7.48. The number of fused-ring (bicyclic) bond motifs is 1. The number of aromatic amines is 1. The van der Waals surface area contributed by atoms with E-state index in [4.69, 9.17) is 5.26 Å². The van der Waals surface area contributed by atoms with Gasteiger partial charge in [0.1, 0.15) is 5.69 Å². The first-order chi connectivity index (χ1) is 15.8. The zero-order valence-electron chi connectivity index (χ0n) is 18.1.